The minimum absolute atomic E-state index is 0.0488. The van der Waals surface area contributed by atoms with Crippen molar-refractivity contribution in [3.05, 3.63) is 101 Å². The summed E-state index contributed by atoms with van der Waals surface area (Å²) in [6, 6.07) is 22.0. The molecular weight excluding hydrogens is 512 g/mol. The van der Waals surface area contributed by atoms with Gasteiger partial charge >= 0.3 is 6.09 Å². The zero-order chi connectivity index (χ0) is 27.0. The van der Waals surface area contributed by atoms with E-state index in [-0.39, 0.29) is 30.3 Å². The van der Waals surface area contributed by atoms with E-state index in [1.807, 2.05) is 62.4 Å². The molecule has 0 fully saturated rings. The second-order valence-electron chi connectivity index (χ2n) is 9.42. The van der Waals surface area contributed by atoms with Crippen LogP contribution in [0.4, 0.5) is 4.79 Å². The highest BCUT2D eigenvalue weighted by molar-refractivity contribution is 7.89. The predicted octanol–water partition coefficient (Wildman–Crippen LogP) is 4.97. The van der Waals surface area contributed by atoms with Crippen LogP contribution in [-0.4, -0.2) is 48.3 Å². The molecule has 0 unspecified atom stereocenters. The van der Waals surface area contributed by atoms with Crippen LogP contribution in [0.15, 0.2) is 83.8 Å². The summed E-state index contributed by atoms with van der Waals surface area (Å²) >= 11 is 6.11. The number of rotatable bonds is 12. The molecule has 0 aliphatic rings. The molecule has 9 heteroatoms. The molecule has 0 saturated carbocycles. The van der Waals surface area contributed by atoms with E-state index >= 15 is 0 Å². The maximum absolute atomic E-state index is 13.2. The maximum atomic E-state index is 13.2. The molecule has 3 rings (SSSR count). The predicted molar refractivity (Wildman–Crippen MR) is 145 cm³/mol. The molecule has 3 aromatic rings. The van der Waals surface area contributed by atoms with Crippen molar-refractivity contribution in [1.29, 1.82) is 0 Å². The highest BCUT2D eigenvalue weighted by atomic mass is 35.5. The lowest BCUT2D eigenvalue weighted by Crippen LogP contribution is -2.51. The number of aliphatic hydroxyl groups is 1. The van der Waals surface area contributed by atoms with Crippen LogP contribution in [0.3, 0.4) is 0 Å². The summed E-state index contributed by atoms with van der Waals surface area (Å²) in [5, 5.41) is 21.7. The van der Waals surface area contributed by atoms with Crippen LogP contribution in [0.25, 0.3) is 0 Å². The Morgan fingerprint density at radius 3 is 2.11 bits per heavy atom. The fraction of sp³-hybridized carbons (Fsp3) is 0.321. The molecule has 0 spiro atoms. The van der Waals surface area contributed by atoms with E-state index in [1.54, 1.807) is 18.2 Å². The molecule has 0 radical (unpaired) electrons. The molecule has 0 saturated heterocycles. The third kappa shape index (κ3) is 8.30. The summed E-state index contributed by atoms with van der Waals surface area (Å²) in [4.78, 5) is 13.6. The zero-order valence-corrected chi connectivity index (χ0v) is 22.5. The van der Waals surface area contributed by atoms with E-state index in [0.717, 1.165) is 16.0 Å². The van der Waals surface area contributed by atoms with Crippen molar-refractivity contribution in [3.63, 3.8) is 0 Å². The largest absolute Gasteiger partial charge is 0.465 e. The Kier molecular flexibility index (Phi) is 10.1. The lowest BCUT2D eigenvalue weighted by molar-refractivity contribution is 0.0469. The summed E-state index contributed by atoms with van der Waals surface area (Å²) in [6.07, 6.45) is -1.79. The van der Waals surface area contributed by atoms with Gasteiger partial charge in [-0.2, -0.15) is 0 Å². The zero-order valence-electron chi connectivity index (χ0n) is 20.9. The van der Waals surface area contributed by atoms with Crippen molar-refractivity contribution < 1.29 is 23.4 Å². The van der Waals surface area contributed by atoms with Crippen LogP contribution in [0.2, 0.25) is 5.02 Å². The first kappa shape index (κ1) is 28.7. The van der Waals surface area contributed by atoms with E-state index in [0.29, 0.717) is 17.0 Å². The number of sulfonamides is 1. The van der Waals surface area contributed by atoms with Crippen molar-refractivity contribution in [1.82, 2.24) is 9.62 Å². The van der Waals surface area contributed by atoms with Gasteiger partial charge in [-0.25, -0.2) is 17.9 Å². The first-order valence-corrected chi connectivity index (χ1v) is 14.0. The number of carbonyl (C=O) groups is 1. The van der Waals surface area contributed by atoms with E-state index in [9.17, 15) is 23.4 Å². The van der Waals surface area contributed by atoms with Crippen molar-refractivity contribution in [2.24, 2.45) is 5.92 Å². The fourth-order valence-electron chi connectivity index (χ4n) is 4.23. The van der Waals surface area contributed by atoms with Crippen LogP contribution in [0, 0.1) is 5.92 Å². The average Bonchev–Trinajstić information content (AvgIpc) is 2.85. The number of halogens is 1. The average molecular weight is 545 g/mol. The molecular formula is C28H33ClN2O5S. The number of nitrogens with one attached hydrogen (secondary N) is 1. The van der Waals surface area contributed by atoms with Gasteiger partial charge in [-0.3, -0.25) is 4.90 Å². The Morgan fingerprint density at radius 2 is 1.54 bits per heavy atom. The first-order valence-electron chi connectivity index (χ1n) is 12.1. The van der Waals surface area contributed by atoms with Gasteiger partial charge < -0.3 is 10.2 Å². The van der Waals surface area contributed by atoms with Crippen molar-refractivity contribution in [2.75, 3.05) is 6.54 Å². The molecule has 0 heterocycles. The van der Waals surface area contributed by atoms with Gasteiger partial charge in [0, 0.05) is 18.1 Å². The van der Waals surface area contributed by atoms with Gasteiger partial charge in [0.1, 0.15) is 0 Å². The summed E-state index contributed by atoms with van der Waals surface area (Å²) in [5.41, 5.74) is 2.17. The van der Waals surface area contributed by atoms with E-state index in [1.165, 1.54) is 12.1 Å². The Bertz CT molecular complexity index is 1270. The maximum Gasteiger partial charge on any atom is 0.407 e. The van der Waals surface area contributed by atoms with Gasteiger partial charge in [0.05, 0.1) is 17.0 Å². The Morgan fingerprint density at radius 1 is 0.946 bits per heavy atom. The minimum atomic E-state index is -3.99. The minimum Gasteiger partial charge on any atom is -0.465 e. The lowest BCUT2D eigenvalue weighted by Gasteiger charge is -2.33. The van der Waals surface area contributed by atoms with Crippen LogP contribution in [0.5, 0.6) is 0 Å². The Balaban J connectivity index is 1.86. The highest BCUT2D eigenvalue weighted by Crippen LogP contribution is 2.24. The van der Waals surface area contributed by atoms with E-state index < -0.39 is 28.3 Å². The topological polar surface area (TPSA) is 107 Å². The van der Waals surface area contributed by atoms with E-state index in [2.05, 4.69) is 4.72 Å². The molecule has 0 aromatic heterocycles. The SMILES string of the molecule is CC(C)Cc1cc(Cl)ccc1S(=O)(=O)NC[C@@H](O)[C@H](Cc1ccccc1)N(Cc1ccccc1)C(=O)O. The second kappa shape index (κ2) is 13.1. The smallest absolute Gasteiger partial charge is 0.407 e. The van der Waals surface area contributed by atoms with Gasteiger partial charge in [-0.15, -0.1) is 0 Å². The van der Waals surface area contributed by atoms with Gasteiger partial charge in [-0.1, -0.05) is 86.1 Å². The molecule has 3 aromatic carbocycles. The fourth-order valence-corrected chi connectivity index (χ4v) is 5.71. The molecule has 7 nitrogen and oxygen atoms in total. The Hall–Kier alpha value is -2.91. The third-order valence-electron chi connectivity index (χ3n) is 6.00. The summed E-state index contributed by atoms with van der Waals surface area (Å²) in [7, 11) is -3.99. The number of hydrogen-bond acceptors (Lipinski definition) is 4. The molecule has 37 heavy (non-hydrogen) atoms. The van der Waals surface area contributed by atoms with Crippen LogP contribution >= 0.6 is 11.6 Å². The normalized spacial score (nSPS) is 13.3. The second-order valence-corrected chi connectivity index (χ2v) is 11.6. The summed E-state index contributed by atoms with van der Waals surface area (Å²) in [6.45, 7) is 3.65. The number of benzene rings is 3. The molecule has 3 N–H and O–H groups in total. The molecule has 0 bridgehead atoms. The van der Waals surface area contributed by atoms with Gasteiger partial charge in [0.25, 0.3) is 0 Å². The quantitative estimate of drug-likeness (QED) is 0.298. The molecule has 0 aliphatic carbocycles. The number of nitrogens with zero attached hydrogens (tertiary/aromatic N) is 1. The van der Waals surface area contributed by atoms with Gasteiger partial charge in [-0.05, 0) is 53.6 Å². The van der Waals surface area contributed by atoms with Crippen LogP contribution in [-0.2, 0) is 29.4 Å². The summed E-state index contributed by atoms with van der Waals surface area (Å²) in [5.74, 6) is 0.204. The van der Waals surface area contributed by atoms with E-state index in [4.69, 9.17) is 11.6 Å². The standard InChI is InChI=1S/C28H33ClN2O5S/c1-20(2)15-23-17-24(29)13-14-27(23)37(35,36)30-18-26(32)25(16-21-9-5-3-6-10-21)31(28(33)34)19-22-11-7-4-8-12-22/h3-14,17,20,25-26,30,32H,15-16,18-19H2,1-2H3,(H,33,34)/t25-,26+/m0/s1. The lowest BCUT2D eigenvalue weighted by atomic mass is 9.99. The highest BCUT2D eigenvalue weighted by Gasteiger charge is 2.31. The summed E-state index contributed by atoms with van der Waals surface area (Å²) < 4.78 is 29.0. The molecule has 2 atom stereocenters. The van der Waals surface area contributed by atoms with Crippen molar-refractivity contribution in [2.45, 2.75) is 50.3 Å². The molecule has 1 amide bonds. The monoisotopic (exact) mass is 544 g/mol. The molecule has 198 valence electrons. The Labute approximate surface area is 223 Å². The number of aliphatic hydroxyl groups excluding tert-OH is 1. The van der Waals surface area contributed by atoms with Crippen LogP contribution in [0.1, 0.15) is 30.5 Å². The molecule has 0 aliphatic heterocycles. The van der Waals surface area contributed by atoms with Crippen molar-refractivity contribution in [3.8, 4) is 0 Å². The van der Waals surface area contributed by atoms with Crippen molar-refractivity contribution >= 4 is 27.7 Å². The number of hydrogen-bond donors (Lipinski definition) is 3. The van der Waals surface area contributed by atoms with Gasteiger partial charge in [0.2, 0.25) is 10.0 Å². The van der Waals surface area contributed by atoms with Gasteiger partial charge in [0.15, 0.2) is 0 Å². The number of amides is 1. The first-order chi connectivity index (χ1) is 17.6. The van der Waals surface area contributed by atoms with Crippen LogP contribution < -0.4 is 4.72 Å². The number of carboxylic acid groups (broad SMARTS) is 1. The third-order valence-corrected chi connectivity index (χ3v) is 7.76.